The van der Waals surface area contributed by atoms with Gasteiger partial charge in [-0.1, -0.05) is 0 Å². The third kappa shape index (κ3) is 7.73. The predicted molar refractivity (Wildman–Crippen MR) is 152 cm³/mol. The van der Waals surface area contributed by atoms with Gasteiger partial charge in [0.2, 0.25) is 5.91 Å². The van der Waals surface area contributed by atoms with E-state index in [4.69, 9.17) is 4.74 Å². The van der Waals surface area contributed by atoms with Crippen LogP contribution in [0.2, 0.25) is 0 Å². The maximum atomic E-state index is 14.0. The van der Waals surface area contributed by atoms with Crippen LogP contribution in [-0.2, 0) is 9.53 Å². The molecule has 0 aromatic carbocycles. The van der Waals surface area contributed by atoms with E-state index in [1.54, 1.807) is 20.8 Å². The Morgan fingerprint density at radius 3 is 2.45 bits per heavy atom. The molecule has 0 saturated carbocycles. The summed E-state index contributed by atoms with van der Waals surface area (Å²) < 4.78 is 47.1. The standard InChI is InChI=1S/C26H30F3N7O4S2/c1-14-21(42-15(2)32-14)17-13-41-23(33-17)34-19-7-6-16(10-30-19)22(38)36-9-8-35(12-18(36)26(27,28)29)20(37)11-31-24(39)40-25(3,4)5/h6-7,10,13,18H,8-9,11-12H2,1-5H3,(H,31,39)(H,30,33,34). The van der Waals surface area contributed by atoms with Gasteiger partial charge in [-0.3, -0.25) is 9.59 Å². The number of anilines is 2. The second kappa shape index (κ2) is 12.2. The number of nitrogens with one attached hydrogen (secondary N) is 2. The molecule has 4 heterocycles. The van der Waals surface area contributed by atoms with Gasteiger partial charge in [-0.2, -0.15) is 13.2 Å². The molecule has 4 rings (SSSR count). The fraction of sp³-hybridized carbons (Fsp3) is 0.462. The normalized spacial score (nSPS) is 15.9. The molecule has 42 heavy (non-hydrogen) atoms. The van der Waals surface area contributed by atoms with Gasteiger partial charge in [0, 0.05) is 24.7 Å². The summed E-state index contributed by atoms with van der Waals surface area (Å²) in [5.74, 6) is -1.21. The molecule has 3 aromatic heterocycles. The van der Waals surface area contributed by atoms with Crippen LogP contribution in [0.15, 0.2) is 23.7 Å². The Morgan fingerprint density at radius 2 is 1.86 bits per heavy atom. The van der Waals surface area contributed by atoms with Crippen molar-refractivity contribution in [3.8, 4) is 10.6 Å². The number of aryl methyl sites for hydroxylation is 2. The summed E-state index contributed by atoms with van der Waals surface area (Å²) in [4.78, 5) is 53.3. The second-order valence-corrected chi connectivity index (χ2v) is 12.6. The lowest BCUT2D eigenvalue weighted by Crippen LogP contribution is -2.62. The lowest BCUT2D eigenvalue weighted by Gasteiger charge is -2.42. The number of hydrogen-bond acceptors (Lipinski definition) is 10. The van der Waals surface area contributed by atoms with Gasteiger partial charge in [-0.25, -0.2) is 19.7 Å². The first kappa shape index (κ1) is 31.2. The first-order valence-electron chi connectivity index (χ1n) is 12.9. The van der Waals surface area contributed by atoms with Crippen molar-refractivity contribution in [3.63, 3.8) is 0 Å². The van der Waals surface area contributed by atoms with Gasteiger partial charge in [0.1, 0.15) is 24.0 Å². The van der Waals surface area contributed by atoms with Gasteiger partial charge in [0.25, 0.3) is 5.91 Å². The van der Waals surface area contributed by atoms with Crippen molar-refractivity contribution < 1.29 is 32.3 Å². The summed E-state index contributed by atoms with van der Waals surface area (Å²) in [6.07, 6.45) is -4.45. The Kier molecular flexibility index (Phi) is 9.06. The number of alkyl carbamates (subject to hydrolysis) is 1. The molecule has 3 amide bonds. The van der Waals surface area contributed by atoms with Crippen LogP contribution in [0, 0.1) is 13.8 Å². The van der Waals surface area contributed by atoms with Crippen molar-refractivity contribution in [1.82, 2.24) is 30.1 Å². The van der Waals surface area contributed by atoms with Crippen LogP contribution < -0.4 is 10.6 Å². The third-order valence-corrected chi connectivity index (χ3v) is 7.89. The van der Waals surface area contributed by atoms with Gasteiger partial charge in [-0.05, 0) is 46.8 Å². The van der Waals surface area contributed by atoms with E-state index < -0.39 is 48.8 Å². The molecule has 1 fully saturated rings. The maximum Gasteiger partial charge on any atom is 0.410 e. The Morgan fingerprint density at radius 1 is 1.12 bits per heavy atom. The molecule has 1 saturated heterocycles. The van der Waals surface area contributed by atoms with Gasteiger partial charge in [0.05, 0.1) is 33.4 Å². The number of ether oxygens (including phenoxy) is 1. The number of alkyl halides is 3. The average Bonchev–Trinajstić information content (AvgIpc) is 3.50. The van der Waals surface area contributed by atoms with E-state index in [0.717, 1.165) is 26.2 Å². The average molecular weight is 626 g/mol. The highest BCUT2D eigenvalue weighted by Gasteiger charge is 2.49. The fourth-order valence-corrected chi connectivity index (χ4v) is 5.84. The Bertz CT molecular complexity index is 1450. The number of halogens is 3. The number of amides is 3. The number of pyridine rings is 1. The molecule has 226 valence electrons. The Labute approximate surface area is 248 Å². The minimum Gasteiger partial charge on any atom is -0.444 e. The molecule has 1 atom stereocenters. The molecular formula is C26H30F3N7O4S2. The van der Waals surface area contributed by atoms with E-state index in [2.05, 4.69) is 25.6 Å². The molecule has 1 aliphatic rings. The number of carbonyl (C=O) groups excluding carboxylic acids is 3. The molecule has 16 heteroatoms. The maximum absolute atomic E-state index is 14.0. The fourth-order valence-electron chi connectivity index (χ4n) is 4.18. The van der Waals surface area contributed by atoms with Gasteiger partial charge in [-0.15, -0.1) is 22.7 Å². The molecule has 0 aliphatic carbocycles. The number of piperazine rings is 1. The zero-order valence-electron chi connectivity index (χ0n) is 23.5. The number of aromatic nitrogens is 3. The van der Waals surface area contributed by atoms with E-state index in [1.165, 1.54) is 41.0 Å². The van der Waals surface area contributed by atoms with Gasteiger partial charge in [0.15, 0.2) is 5.13 Å². The molecule has 1 unspecified atom stereocenters. The number of thiazole rings is 2. The minimum absolute atomic E-state index is 0.0308. The van der Waals surface area contributed by atoms with Crippen LogP contribution in [0.1, 0.15) is 41.8 Å². The van der Waals surface area contributed by atoms with Crippen LogP contribution >= 0.6 is 22.7 Å². The molecular weight excluding hydrogens is 595 g/mol. The predicted octanol–water partition coefficient (Wildman–Crippen LogP) is 4.76. The van der Waals surface area contributed by atoms with Crippen molar-refractivity contribution in [2.75, 3.05) is 31.5 Å². The van der Waals surface area contributed by atoms with Crippen molar-refractivity contribution in [3.05, 3.63) is 40.0 Å². The van der Waals surface area contributed by atoms with Crippen molar-refractivity contribution in [1.29, 1.82) is 0 Å². The van der Waals surface area contributed by atoms with E-state index >= 15 is 0 Å². The van der Waals surface area contributed by atoms with Crippen LogP contribution in [0.25, 0.3) is 10.6 Å². The highest BCUT2D eigenvalue weighted by molar-refractivity contribution is 7.16. The quantitative estimate of drug-likeness (QED) is 0.401. The molecule has 11 nitrogen and oxygen atoms in total. The zero-order valence-corrected chi connectivity index (χ0v) is 25.2. The van der Waals surface area contributed by atoms with E-state index in [0.29, 0.717) is 15.8 Å². The van der Waals surface area contributed by atoms with E-state index in [1.807, 2.05) is 19.2 Å². The van der Waals surface area contributed by atoms with E-state index in [-0.39, 0.29) is 18.7 Å². The highest BCUT2D eigenvalue weighted by atomic mass is 32.1. The SMILES string of the molecule is Cc1nc(C)c(-c2csc(Nc3ccc(C(=O)N4CCN(C(=O)CNC(=O)OC(C)(C)C)CC4C(F)(F)F)cn3)n2)s1. The minimum atomic E-state index is -4.79. The van der Waals surface area contributed by atoms with Crippen LogP contribution in [0.4, 0.5) is 28.9 Å². The number of rotatable bonds is 6. The summed E-state index contributed by atoms with van der Waals surface area (Å²) in [7, 11) is 0. The summed E-state index contributed by atoms with van der Waals surface area (Å²) in [5, 5.41) is 8.67. The first-order valence-corrected chi connectivity index (χ1v) is 14.6. The molecule has 2 N–H and O–H groups in total. The molecule has 0 bridgehead atoms. The van der Waals surface area contributed by atoms with Crippen LogP contribution in [0.3, 0.4) is 0 Å². The number of carbonyl (C=O) groups is 3. The summed E-state index contributed by atoms with van der Waals surface area (Å²) in [5.41, 5.74) is 0.829. The van der Waals surface area contributed by atoms with Crippen molar-refractivity contribution in [2.24, 2.45) is 0 Å². The van der Waals surface area contributed by atoms with Crippen LogP contribution in [0.5, 0.6) is 0 Å². The Balaban J connectivity index is 1.38. The summed E-state index contributed by atoms with van der Waals surface area (Å²) in [6, 6.07) is 0.647. The molecule has 0 radical (unpaired) electrons. The topological polar surface area (TPSA) is 130 Å². The highest BCUT2D eigenvalue weighted by Crippen LogP contribution is 2.33. The monoisotopic (exact) mass is 625 g/mol. The van der Waals surface area contributed by atoms with Gasteiger partial charge < -0.3 is 25.2 Å². The summed E-state index contributed by atoms with van der Waals surface area (Å²) >= 11 is 2.90. The molecule has 0 spiro atoms. The smallest absolute Gasteiger partial charge is 0.410 e. The van der Waals surface area contributed by atoms with Gasteiger partial charge >= 0.3 is 12.3 Å². The number of nitrogens with zero attached hydrogens (tertiary/aromatic N) is 5. The zero-order chi connectivity index (χ0) is 30.8. The largest absolute Gasteiger partial charge is 0.444 e. The third-order valence-electron chi connectivity index (χ3n) is 6.04. The lowest BCUT2D eigenvalue weighted by molar-refractivity contribution is -0.190. The number of hydrogen-bond donors (Lipinski definition) is 2. The van der Waals surface area contributed by atoms with E-state index in [9.17, 15) is 27.6 Å². The van der Waals surface area contributed by atoms with Crippen molar-refractivity contribution >= 4 is 51.5 Å². The molecule has 3 aromatic rings. The summed E-state index contributed by atoms with van der Waals surface area (Å²) in [6.45, 7) is 6.97. The second-order valence-electron chi connectivity index (χ2n) is 10.5. The lowest BCUT2D eigenvalue weighted by atomic mass is 10.1. The van der Waals surface area contributed by atoms with Crippen LogP contribution in [-0.4, -0.2) is 86.7 Å². The Hall–Kier alpha value is -3.79. The first-order chi connectivity index (χ1) is 19.6. The van der Waals surface area contributed by atoms with Crippen molar-refractivity contribution in [2.45, 2.75) is 52.4 Å². The molecule has 1 aliphatic heterocycles.